The van der Waals surface area contributed by atoms with E-state index in [4.69, 9.17) is 11.6 Å². The van der Waals surface area contributed by atoms with Gasteiger partial charge in [-0.3, -0.25) is 9.59 Å². The molecular formula is C23H26ClN6O2S2+. The topological polar surface area (TPSA) is 76.9 Å². The number of thiophene rings is 1. The highest BCUT2D eigenvalue weighted by atomic mass is 35.5. The van der Waals surface area contributed by atoms with E-state index in [1.54, 1.807) is 32.9 Å². The van der Waals surface area contributed by atoms with Crippen LogP contribution in [0.3, 0.4) is 0 Å². The van der Waals surface area contributed by atoms with Gasteiger partial charge in [-0.1, -0.05) is 29.4 Å². The summed E-state index contributed by atoms with van der Waals surface area (Å²) in [5, 5.41) is 10.7. The first kappa shape index (κ1) is 23.3. The van der Waals surface area contributed by atoms with E-state index in [1.807, 2.05) is 30.4 Å². The lowest BCUT2D eigenvalue weighted by Gasteiger charge is -2.19. The molecule has 1 aliphatic rings. The fourth-order valence-corrected chi connectivity index (χ4v) is 7.04. The van der Waals surface area contributed by atoms with Crippen molar-refractivity contribution in [1.29, 1.82) is 0 Å². The molecule has 0 radical (unpaired) electrons. The van der Waals surface area contributed by atoms with Gasteiger partial charge < -0.3 is 9.80 Å². The Morgan fingerprint density at radius 3 is 2.82 bits per heavy atom. The van der Waals surface area contributed by atoms with Gasteiger partial charge in [0.1, 0.15) is 11.4 Å². The molecule has 0 saturated heterocycles. The average molecular weight is 518 g/mol. The van der Waals surface area contributed by atoms with Crippen molar-refractivity contribution in [2.45, 2.75) is 32.0 Å². The number of likely N-dealkylation sites (N-methyl/N-ethyl adjacent to an activating group) is 1. The molecule has 5 rings (SSSR count). The third-order valence-corrected chi connectivity index (χ3v) is 8.65. The number of thioether (sulfide) groups is 1. The van der Waals surface area contributed by atoms with Gasteiger partial charge in [-0.2, -0.15) is 0 Å². The van der Waals surface area contributed by atoms with Crippen LogP contribution in [0.5, 0.6) is 0 Å². The molecule has 8 nitrogen and oxygen atoms in total. The van der Waals surface area contributed by atoms with Crippen molar-refractivity contribution in [3.63, 3.8) is 0 Å². The standard InChI is InChI=1S/C23H25ClN6O2S2/c1-4-28(5-2)18(31)13-33-23-26-25-22-29(15-8-6-7-14(24)11-15)20(32)19-16-9-10-27(3)12-17(16)34-21(19)30(22)23/h6-8,11H,4-5,9-10,12-13H2,1-3H3/p+1. The largest absolute Gasteiger partial charge is 0.343 e. The van der Waals surface area contributed by atoms with Gasteiger partial charge in [0.2, 0.25) is 11.7 Å². The Kier molecular flexibility index (Phi) is 6.41. The van der Waals surface area contributed by atoms with Crippen LogP contribution in [-0.4, -0.2) is 62.4 Å². The molecule has 1 amide bonds. The highest BCUT2D eigenvalue weighted by molar-refractivity contribution is 7.99. The zero-order valence-corrected chi connectivity index (χ0v) is 21.7. The lowest BCUT2D eigenvalue weighted by molar-refractivity contribution is -0.895. The van der Waals surface area contributed by atoms with Crippen LogP contribution in [0.25, 0.3) is 21.7 Å². The van der Waals surface area contributed by atoms with Gasteiger partial charge in [-0.05, 0) is 37.6 Å². The Bertz CT molecular complexity index is 1460. The third-order valence-electron chi connectivity index (χ3n) is 6.28. The second-order valence-corrected chi connectivity index (χ2v) is 10.9. The predicted molar refractivity (Wildman–Crippen MR) is 137 cm³/mol. The highest BCUT2D eigenvalue weighted by Crippen LogP contribution is 2.33. The van der Waals surface area contributed by atoms with Gasteiger partial charge in [0.25, 0.3) is 5.56 Å². The first-order valence-corrected chi connectivity index (χ1v) is 13.5. The van der Waals surface area contributed by atoms with Crippen LogP contribution >= 0.6 is 34.7 Å². The molecule has 4 aromatic rings. The molecule has 178 valence electrons. The van der Waals surface area contributed by atoms with Crippen LogP contribution in [0.15, 0.2) is 34.2 Å². The number of amides is 1. The number of nitrogens with one attached hydrogen (secondary N) is 1. The first-order valence-electron chi connectivity index (χ1n) is 11.3. The van der Waals surface area contributed by atoms with Gasteiger partial charge in [-0.25, -0.2) is 8.97 Å². The molecule has 0 bridgehead atoms. The van der Waals surface area contributed by atoms with Crippen LogP contribution in [0.4, 0.5) is 0 Å². The van der Waals surface area contributed by atoms with Crippen molar-refractivity contribution in [2.24, 2.45) is 0 Å². The third kappa shape index (κ3) is 3.92. The number of nitrogens with zero attached hydrogens (tertiary/aromatic N) is 5. The Balaban J connectivity index is 1.73. The molecule has 0 fully saturated rings. The SMILES string of the molecule is CCN(CC)C(=O)CSc1nnc2n(-c3cccc(Cl)c3)c(=O)c3c4c(sc3n12)C[NH+](C)CC4. The lowest BCUT2D eigenvalue weighted by atomic mass is 10.1. The van der Waals surface area contributed by atoms with Crippen molar-refractivity contribution in [3.05, 3.63) is 50.1 Å². The number of hydrogen-bond donors (Lipinski definition) is 1. The normalized spacial score (nSPS) is 15.7. The lowest BCUT2D eigenvalue weighted by Crippen LogP contribution is -3.08. The predicted octanol–water partition coefficient (Wildman–Crippen LogP) is 2.28. The van der Waals surface area contributed by atoms with E-state index in [2.05, 4.69) is 17.2 Å². The van der Waals surface area contributed by atoms with Gasteiger partial charge >= 0.3 is 0 Å². The molecule has 4 heterocycles. The average Bonchev–Trinajstić information content (AvgIpc) is 3.39. The van der Waals surface area contributed by atoms with Gasteiger partial charge in [0, 0.05) is 24.5 Å². The Labute approximate surface area is 210 Å². The molecule has 0 aliphatic carbocycles. The van der Waals surface area contributed by atoms with E-state index in [9.17, 15) is 9.59 Å². The van der Waals surface area contributed by atoms with E-state index in [0.717, 1.165) is 35.3 Å². The number of hydrogen-bond acceptors (Lipinski definition) is 6. The molecule has 1 aromatic carbocycles. The van der Waals surface area contributed by atoms with E-state index in [-0.39, 0.29) is 17.2 Å². The number of halogens is 1. The number of rotatable bonds is 6. The summed E-state index contributed by atoms with van der Waals surface area (Å²) in [7, 11) is 2.17. The van der Waals surface area contributed by atoms with E-state index in [0.29, 0.717) is 34.7 Å². The number of fused-ring (bicyclic) bond motifs is 5. The second kappa shape index (κ2) is 9.33. The summed E-state index contributed by atoms with van der Waals surface area (Å²) < 4.78 is 3.53. The molecule has 0 spiro atoms. The maximum Gasteiger partial charge on any atom is 0.268 e. The highest BCUT2D eigenvalue weighted by Gasteiger charge is 2.28. The van der Waals surface area contributed by atoms with Crippen LogP contribution in [0, 0.1) is 0 Å². The fourth-order valence-electron chi connectivity index (χ4n) is 4.51. The second-order valence-electron chi connectivity index (χ2n) is 8.41. The number of carbonyl (C=O) groups excluding carboxylic acids is 1. The van der Waals surface area contributed by atoms with Crippen LogP contribution in [-0.2, 0) is 17.8 Å². The Morgan fingerprint density at radius 1 is 1.29 bits per heavy atom. The summed E-state index contributed by atoms with van der Waals surface area (Å²) in [6.45, 7) is 7.15. The van der Waals surface area contributed by atoms with E-state index >= 15 is 0 Å². The summed E-state index contributed by atoms with van der Waals surface area (Å²) in [5.41, 5.74) is 1.66. The minimum absolute atomic E-state index is 0.0573. The summed E-state index contributed by atoms with van der Waals surface area (Å²) in [6, 6.07) is 7.21. The van der Waals surface area contributed by atoms with Crippen molar-refractivity contribution in [2.75, 3.05) is 32.4 Å². The maximum absolute atomic E-state index is 13.9. The zero-order chi connectivity index (χ0) is 24.0. The first-order chi connectivity index (χ1) is 16.4. The van der Waals surface area contributed by atoms with Crippen LogP contribution in [0.2, 0.25) is 5.02 Å². The molecule has 1 unspecified atom stereocenters. The van der Waals surface area contributed by atoms with Crippen molar-refractivity contribution in [3.8, 4) is 5.69 Å². The van der Waals surface area contributed by atoms with Crippen LogP contribution in [0.1, 0.15) is 24.3 Å². The molecular weight excluding hydrogens is 492 g/mol. The summed E-state index contributed by atoms with van der Waals surface area (Å²) in [6.07, 6.45) is 0.850. The number of benzene rings is 1. The van der Waals surface area contributed by atoms with Crippen molar-refractivity contribution >= 4 is 56.6 Å². The van der Waals surface area contributed by atoms with E-state index < -0.39 is 0 Å². The molecule has 11 heteroatoms. The molecule has 3 aromatic heterocycles. The number of quaternary nitrogens is 1. The minimum Gasteiger partial charge on any atom is -0.343 e. The monoisotopic (exact) mass is 517 g/mol. The minimum atomic E-state index is -0.106. The Morgan fingerprint density at radius 2 is 2.09 bits per heavy atom. The zero-order valence-electron chi connectivity index (χ0n) is 19.3. The molecule has 0 saturated carbocycles. The van der Waals surface area contributed by atoms with Crippen molar-refractivity contribution in [1.82, 2.24) is 24.1 Å². The summed E-state index contributed by atoms with van der Waals surface area (Å²) in [4.78, 5) is 31.8. The van der Waals surface area contributed by atoms with Gasteiger partial charge in [0.05, 0.1) is 35.3 Å². The van der Waals surface area contributed by atoms with Crippen LogP contribution < -0.4 is 10.5 Å². The molecule has 1 N–H and O–H groups in total. The Hall–Kier alpha value is -2.40. The summed E-state index contributed by atoms with van der Waals surface area (Å²) in [5.74, 6) is 0.747. The molecule has 1 aliphatic heterocycles. The van der Waals surface area contributed by atoms with E-state index in [1.165, 1.54) is 21.5 Å². The summed E-state index contributed by atoms with van der Waals surface area (Å²) >= 11 is 9.26. The maximum atomic E-state index is 13.9. The smallest absolute Gasteiger partial charge is 0.268 e. The van der Waals surface area contributed by atoms with Gasteiger partial charge in [-0.15, -0.1) is 21.5 Å². The van der Waals surface area contributed by atoms with Crippen molar-refractivity contribution < 1.29 is 9.69 Å². The molecule has 34 heavy (non-hydrogen) atoms. The quantitative estimate of drug-likeness (QED) is 0.397. The number of carbonyl (C=O) groups is 1. The number of aromatic nitrogens is 4. The fraction of sp³-hybridized carbons (Fsp3) is 0.391. The van der Waals surface area contributed by atoms with Gasteiger partial charge in [0.15, 0.2) is 5.16 Å². The molecule has 1 atom stereocenters.